The summed E-state index contributed by atoms with van der Waals surface area (Å²) in [6.45, 7) is 5.63. The fourth-order valence-corrected chi connectivity index (χ4v) is 5.21. The molecule has 40 heavy (non-hydrogen) atoms. The van der Waals surface area contributed by atoms with Crippen LogP contribution in [0, 0.1) is 5.92 Å². The number of alkyl halides is 3. The summed E-state index contributed by atoms with van der Waals surface area (Å²) in [5.74, 6) is 0.0205. The molecule has 1 fully saturated rings. The summed E-state index contributed by atoms with van der Waals surface area (Å²) in [7, 11) is 0. The van der Waals surface area contributed by atoms with Crippen LogP contribution in [0.3, 0.4) is 0 Å². The van der Waals surface area contributed by atoms with E-state index in [4.69, 9.17) is 0 Å². The van der Waals surface area contributed by atoms with Gasteiger partial charge in [-0.1, -0.05) is 62.2 Å². The third kappa shape index (κ3) is 7.55. The molecule has 1 aliphatic carbocycles. The van der Waals surface area contributed by atoms with Crippen molar-refractivity contribution in [3.63, 3.8) is 0 Å². The Morgan fingerprint density at radius 2 is 1.73 bits per heavy atom. The molecule has 0 spiro atoms. The Morgan fingerprint density at radius 1 is 0.950 bits per heavy atom. The number of hydrogen-bond acceptors (Lipinski definition) is 2. The van der Waals surface area contributed by atoms with Crippen LogP contribution in [-0.4, -0.2) is 45.8 Å². The van der Waals surface area contributed by atoms with Gasteiger partial charge in [0, 0.05) is 37.4 Å². The lowest BCUT2D eigenvalue weighted by Gasteiger charge is -2.28. The van der Waals surface area contributed by atoms with Gasteiger partial charge in [0.25, 0.3) is 0 Å². The number of benzene rings is 2. The molecule has 3 aromatic rings. The van der Waals surface area contributed by atoms with Gasteiger partial charge in [-0.3, -0.25) is 9.59 Å². The predicted molar refractivity (Wildman–Crippen MR) is 149 cm³/mol. The fourth-order valence-electron chi connectivity index (χ4n) is 5.21. The molecule has 214 valence electrons. The molecule has 1 aliphatic rings. The van der Waals surface area contributed by atoms with Crippen molar-refractivity contribution in [2.45, 2.75) is 64.7 Å². The fraction of sp³-hybridized carbons (Fsp3) is 0.438. The van der Waals surface area contributed by atoms with Crippen molar-refractivity contribution >= 4 is 11.8 Å². The molecule has 1 heterocycles. The van der Waals surface area contributed by atoms with E-state index in [1.807, 2.05) is 60.2 Å². The molecule has 1 saturated carbocycles. The number of likely N-dealkylation sites (N-methyl/N-ethyl adjacent to an activating group) is 1. The normalized spacial score (nSPS) is 16.5. The number of hydrogen-bond donors (Lipinski definition) is 0. The summed E-state index contributed by atoms with van der Waals surface area (Å²) in [6, 6.07) is 19.1. The molecule has 0 aliphatic heterocycles. The number of aromatic nitrogens is 1. The van der Waals surface area contributed by atoms with E-state index in [0.717, 1.165) is 43.0 Å². The van der Waals surface area contributed by atoms with Gasteiger partial charge in [-0.2, -0.15) is 13.2 Å². The number of amides is 2. The molecule has 2 atom stereocenters. The van der Waals surface area contributed by atoms with E-state index in [-0.39, 0.29) is 36.7 Å². The lowest BCUT2D eigenvalue weighted by molar-refractivity contribution is -0.141. The third-order valence-electron chi connectivity index (χ3n) is 7.62. The SMILES string of the molecule is CCCCCN(Cc1cccn1Cc1cccc(C(F)(F)F)c1)C(=O)CN(CC)C(=O)C1C[C@H]1c1ccccc1. The summed E-state index contributed by atoms with van der Waals surface area (Å²) >= 11 is 0. The van der Waals surface area contributed by atoms with Crippen molar-refractivity contribution in [2.75, 3.05) is 19.6 Å². The maximum atomic E-state index is 13.6. The second-order valence-corrected chi connectivity index (χ2v) is 10.6. The summed E-state index contributed by atoms with van der Waals surface area (Å²) in [5.41, 5.74) is 1.86. The highest BCUT2D eigenvalue weighted by molar-refractivity contribution is 5.88. The molecular weight excluding hydrogens is 515 g/mol. The van der Waals surface area contributed by atoms with Crippen LogP contribution >= 0.6 is 0 Å². The van der Waals surface area contributed by atoms with Gasteiger partial charge in [0.15, 0.2) is 0 Å². The molecule has 2 aromatic carbocycles. The van der Waals surface area contributed by atoms with Gasteiger partial charge in [0.2, 0.25) is 11.8 Å². The first kappa shape index (κ1) is 29.4. The second-order valence-electron chi connectivity index (χ2n) is 10.6. The molecule has 0 N–H and O–H groups in total. The molecule has 0 bridgehead atoms. The van der Waals surface area contributed by atoms with Gasteiger partial charge in [-0.25, -0.2) is 0 Å². The van der Waals surface area contributed by atoms with Crippen LogP contribution in [0.1, 0.15) is 67.8 Å². The van der Waals surface area contributed by atoms with Crippen molar-refractivity contribution in [1.82, 2.24) is 14.4 Å². The van der Waals surface area contributed by atoms with Crippen molar-refractivity contribution < 1.29 is 22.8 Å². The zero-order valence-electron chi connectivity index (χ0n) is 23.2. The van der Waals surface area contributed by atoms with E-state index in [1.165, 1.54) is 12.1 Å². The van der Waals surface area contributed by atoms with E-state index in [1.54, 1.807) is 15.9 Å². The molecule has 0 radical (unpaired) electrons. The predicted octanol–water partition coefficient (Wildman–Crippen LogP) is 6.73. The first-order valence-corrected chi connectivity index (χ1v) is 14.1. The topological polar surface area (TPSA) is 45.6 Å². The smallest absolute Gasteiger partial charge is 0.345 e. The van der Waals surface area contributed by atoms with Crippen molar-refractivity contribution in [1.29, 1.82) is 0 Å². The first-order valence-electron chi connectivity index (χ1n) is 14.1. The molecule has 5 nitrogen and oxygen atoms in total. The van der Waals surface area contributed by atoms with Gasteiger partial charge in [0.05, 0.1) is 18.7 Å². The van der Waals surface area contributed by atoms with Gasteiger partial charge >= 0.3 is 6.18 Å². The second kappa shape index (κ2) is 13.2. The lowest BCUT2D eigenvalue weighted by atomic mass is 10.1. The number of carbonyl (C=O) groups excluding carboxylic acids is 2. The van der Waals surface area contributed by atoms with Crippen LogP contribution in [0.2, 0.25) is 0 Å². The Morgan fingerprint density at radius 3 is 2.42 bits per heavy atom. The quantitative estimate of drug-likeness (QED) is 0.221. The zero-order chi connectivity index (χ0) is 28.7. The molecular formula is C32H38F3N3O2. The monoisotopic (exact) mass is 553 g/mol. The number of halogens is 3. The lowest BCUT2D eigenvalue weighted by Crippen LogP contribution is -2.43. The van der Waals surface area contributed by atoms with Crippen LogP contribution in [0.15, 0.2) is 72.9 Å². The van der Waals surface area contributed by atoms with Crippen LogP contribution in [0.4, 0.5) is 13.2 Å². The Hall–Kier alpha value is -3.55. The maximum Gasteiger partial charge on any atom is 0.416 e. The van der Waals surface area contributed by atoms with Crippen molar-refractivity contribution in [3.8, 4) is 0 Å². The minimum atomic E-state index is -4.40. The van der Waals surface area contributed by atoms with Crippen LogP contribution in [0.25, 0.3) is 0 Å². The molecule has 1 aromatic heterocycles. The molecule has 1 unspecified atom stereocenters. The first-order chi connectivity index (χ1) is 19.2. The number of nitrogens with zero attached hydrogens (tertiary/aromatic N) is 3. The molecule has 4 rings (SSSR count). The van der Waals surface area contributed by atoms with Crippen LogP contribution in [0.5, 0.6) is 0 Å². The minimum absolute atomic E-state index is 0.0196. The van der Waals surface area contributed by atoms with E-state index in [2.05, 4.69) is 6.92 Å². The largest absolute Gasteiger partial charge is 0.416 e. The van der Waals surface area contributed by atoms with E-state index >= 15 is 0 Å². The summed E-state index contributed by atoms with van der Waals surface area (Å²) in [4.78, 5) is 30.3. The summed E-state index contributed by atoms with van der Waals surface area (Å²) < 4.78 is 41.5. The Labute approximate surface area is 234 Å². The molecule has 2 amide bonds. The number of carbonyl (C=O) groups is 2. The number of unbranched alkanes of at least 4 members (excludes halogenated alkanes) is 2. The number of rotatable bonds is 13. The van der Waals surface area contributed by atoms with Crippen LogP contribution < -0.4 is 0 Å². The van der Waals surface area contributed by atoms with Gasteiger partial charge in [-0.05, 0) is 61.1 Å². The highest BCUT2D eigenvalue weighted by Gasteiger charge is 2.45. The average Bonchev–Trinajstić information content (AvgIpc) is 3.64. The van der Waals surface area contributed by atoms with Crippen molar-refractivity contribution in [3.05, 3.63) is 95.3 Å². The van der Waals surface area contributed by atoms with E-state index < -0.39 is 11.7 Å². The molecule has 8 heteroatoms. The van der Waals surface area contributed by atoms with Gasteiger partial charge in [0.1, 0.15) is 0 Å². The van der Waals surface area contributed by atoms with E-state index in [9.17, 15) is 22.8 Å². The van der Waals surface area contributed by atoms with E-state index in [0.29, 0.717) is 25.2 Å². The Bertz CT molecular complexity index is 1270. The highest BCUT2D eigenvalue weighted by atomic mass is 19.4. The average molecular weight is 554 g/mol. The van der Waals surface area contributed by atoms with Crippen molar-refractivity contribution in [2.24, 2.45) is 5.92 Å². The van der Waals surface area contributed by atoms with Gasteiger partial charge < -0.3 is 14.4 Å². The summed E-state index contributed by atoms with van der Waals surface area (Å²) in [5, 5.41) is 0. The standard InChI is InChI=1S/C32H38F3N3O2/c1-3-5-9-17-38(22-27-16-11-18-37(27)21-24-12-10-15-26(19-24)32(33,34)35)30(39)23-36(4-2)31(40)29-20-28(29)25-13-7-6-8-14-25/h6-8,10-16,18-19,28-29H,3-5,9,17,20-23H2,1-2H3/t28-,29?/m0/s1. The van der Waals surface area contributed by atoms with Gasteiger partial charge in [-0.15, -0.1) is 0 Å². The third-order valence-corrected chi connectivity index (χ3v) is 7.62. The summed E-state index contributed by atoms with van der Waals surface area (Å²) in [6.07, 6.45) is 1.06. The molecule has 0 saturated heterocycles. The van der Waals surface area contributed by atoms with Crippen LogP contribution in [-0.2, 0) is 28.9 Å². The minimum Gasteiger partial charge on any atom is -0.345 e. The highest BCUT2D eigenvalue weighted by Crippen LogP contribution is 2.48. The maximum absolute atomic E-state index is 13.6. The Balaban J connectivity index is 1.44. The zero-order valence-corrected chi connectivity index (χ0v) is 23.2. The Kier molecular flexibility index (Phi) is 9.71.